The minimum atomic E-state index is 0.189. The zero-order valence-electron chi connectivity index (χ0n) is 6.93. The quantitative estimate of drug-likeness (QED) is 0.604. The number of hydrogen-bond acceptors (Lipinski definition) is 2. The fourth-order valence-corrected chi connectivity index (χ4v) is 1.12. The van der Waals surface area contributed by atoms with Crippen LogP contribution < -0.4 is 0 Å². The Labute approximate surface area is 67.0 Å². The van der Waals surface area contributed by atoms with Gasteiger partial charge in [0.25, 0.3) is 0 Å². The topological polar surface area (TPSA) is 34.1 Å². The van der Waals surface area contributed by atoms with Crippen molar-refractivity contribution in [2.45, 2.75) is 39.0 Å². The Morgan fingerprint density at radius 1 is 1.27 bits per heavy atom. The number of hydrogen-bond donors (Lipinski definition) is 0. The molecule has 0 bridgehead atoms. The van der Waals surface area contributed by atoms with Crippen molar-refractivity contribution < 1.29 is 9.59 Å². The van der Waals surface area contributed by atoms with Crippen molar-refractivity contribution in [3.63, 3.8) is 0 Å². The van der Waals surface area contributed by atoms with Crippen molar-refractivity contribution in [1.82, 2.24) is 0 Å². The number of rotatable bonds is 5. The lowest BCUT2D eigenvalue weighted by Crippen LogP contribution is -2.01. The van der Waals surface area contributed by atoms with E-state index in [-0.39, 0.29) is 5.78 Å². The van der Waals surface area contributed by atoms with Crippen LogP contribution in [0.2, 0.25) is 0 Å². The summed E-state index contributed by atoms with van der Waals surface area (Å²) < 4.78 is 0. The van der Waals surface area contributed by atoms with E-state index in [0.29, 0.717) is 24.5 Å². The van der Waals surface area contributed by atoms with Crippen LogP contribution in [0.15, 0.2) is 0 Å². The van der Waals surface area contributed by atoms with E-state index in [4.69, 9.17) is 0 Å². The predicted octanol–water partition coefficient (Wildman–Crippen LogP) is 1.72. The van der Waals surface area contributed by atoms with Gasteiger partial charge in [0.15, 0.2) is 0 Å². The average molecular weight is 154 g/mol. The second-order valence-corrected chi connectivity index (χ2v) is 3.30. The summed E-state index contributed by atoms with van der Waals surface area (Å²) in [7, 11) is 0. The third-order valence-electron chi connectivity index (χ3n) is 1.98. The summed E-state index contributed by atoms with van der Waals surface area (Å²) in [5.41, 5.74) is 0. The lowest BCUT2D eigenvalue weighted by Gasteiger charge is -1.95. The van der Waals surface area contributed by atoms with E-state index in [1.165, 1.54) is 0 Å². The van der Waals surface area contributed by atoms with Crippen LogP contribution in [0.1, 0.15) is 39.0 Å². The molecule has 0 atom stereocenters. The van der Waals surface area contributed by atoms with E-state index in [9.17, 15) is 9.59 Å². The Kier molecular flexibility index (Phi) is 2.80. The Morgan fingerprint density at radius 3 is 2.36 bits per heavy atom. The van der Waals surface area contributed by atoms with Gasteiger partial charge in [-0.1, -0.05) is 0 Å². The summed E-state index contributed by atoms with van der Waals surface area (Å²) in [6, 6.07) is 0. The minimum absolute atomic E-state index is 0.189. The highest BCUT2D eigenvalue weighted by Crippen LogP contribution is 2.31. The number of carbonyl (C=O) groups is 2. The van der Waals surface area contributed by atoms with Gasteiger partial charge in [-0.3, -0.25) is 4.79 Å². The summed E-state index contributed by atoms with van der Waals surface area (Å²) in [5.74, 6) is 0.918. The molecule has 0 amide bonds. The lowest BCUT2D eigenvalue weighted by molar-refractivity contribution is -0.120. The van der Waals surface area contributed by atoms with Gasteiger partial charge < -0.3 is 4.79 Å². The van der Waals surface area contributed by atoms with E-state index in [0.717, 1.165) is 19.3 Å². The molecule has 0 radical (unpaired) electrons. The van der Waals surface area contributed by atoms with Gasteiger partial charge in [0, 0.05) is 18.8 Å². The van der Waals surface area contributed by atoms with Gasteiger partial charge in [-0.25, -0.2) is 0 Å². The van der Waals surface area contributed by atoms with Crippen molar-refractivity contribution >= 4 is 11.6 Å². The van der Waals surface area contributed by atoms with Crippen LogP contribution in [0, 0.1) is 5.92 Å². The van der Waals surface area contributed by atoms with Crippen LogP contribution in [0.4, 0.5) is 0 Å². The normalized spacial score (nSPS) is 16.5. The lowest BCUT2D eigenvalue weighted by atomic mass is 10.1. The Balaban J connectivity index is 2.02. The highest BCUT2D eigenvalue weighted by molar-refractivity contribution is 5.83. The van der Waals surface area contributed by atoms with Gasteiger partial charge in [0.05, 0.1) is 0 Å². The summed E-state index contributed by atoms with van der Waals surface area (Å²) in [4.78, 5) is 21.6. The first-order chi connectivity index (χ1) is 5.20. The molecule has 62 valence electrons. The Morgan fingerprint density at radius 2 is 1.91 bits per heavy atom. The molecule has 1 saturated carbocycles. The first-order valence-electron chi connectivity index (χ1n) is 4.22. The Bertz CT molecular complexity index is 168. The van der Waals surface area contributed by atoms with Gasteiger partial charge in [-0.2, -0.15) is 0 Å². The van der Waals surface area contributed by atoms with Crippen molar-refractivity contribution in [3.05, 3.63) is 0 Å². The van der Waals surface area contributed by atoms with Gasteiger partial charge >= 0.3 is 0 Å². The summed E-state index contributed by atoms with van der Waals surface area (Å²) in [6.45, 7) is 1.57. The maximum atomic E-state index is 11.1. The molecule has 0 unspecified atom stereocenters. The SMILES string of the molecule is CC(=O)CCCC(=O)C1CC1. The molecule has 0 aromatic heterocycles. The van der Waals surface area contributed by atoms with Crippen LogP contribution >= 0.6 is 0 Å². The van der Waals surface area contributed by atoms with E-state index in [2.05, 4.69) is 0 Å². The molecule has 0 aromatic rings. The van der Waals surface area contributed by atoms with E-state index in [1.807, 2.05) is 0 Å². The van der Waals surface area contributed by atoms with Crippen LogP contribution in [0.25, 0.3) is 0 Å². The Hall–Kier alpha value is -0.660. The molecular formula is C9H14O2. The third kappa shape index (κ3) is 3.30. The first-order valence-corrected chi connectivity index (χ1v) is 4.22. The van der Waals surface area contributed by atoms with Crippen LogP contribution in [-0.2, 0) is 9.59 Å². The second-order valence-electron chi connectivity index (χ2n) is 3.30. The third-order valence-corrected chi connectivity index (χ3v) is 1.98. The summed E-state index contributed by atoms with van der Waals surface area (Å²) in [6.07, 6.45) is 4.10. The molecule has 0 aliphatic heterocycles. The van der Waals surface area contributed by atoms with Gasteiger partial charge in [-0.15, -0.1) is 0 Å². The van der Waals surface area contributed by atoms with E-state index in [1.54, 1.807) is 6.92 Å². The highest BCUT2D eigenvalue weighted by Gasteiger charge is 2.28. The maximum absolute atomic E-state index is 11.1. The fourth-order valence-electron chi connectivity index (χ4n) is 1.12. The molecule has 0 spiro atoms. The molecule has 11 heavy (non-hydrogen) atoms. The monoisotopic (exact) mass is 154 g/mol. The average Bonchev–Trinajstić information content (AvgIpc) is 2.66. The van der Waals surface area contributed by atoms with E-state index < -0.39 is 0 Å². The zero-order chi connectivity index (χ0) is 8.27. The molecule has 0 saturated heterocycles. The minimum Gasteiger partial charge on any atom is -0.300 e. The first kappa shape index (κ1) is 8.44. The molecule has 2 heteroatoms. The largest absolute Gasteiger partial charge is 0.300 e. The molecule has 2 nitrogen and oxygen atoms in total. The van der Waals surface area contributed by atoms with Gasteiger partial charge in [-0.05, 0) is 26.2 Å². The van der Waals surface area contributed by atoms with Crippen molar-refractivity contribution in [3.8, 4) is 0 Å². The van der Waals surface area contributed by atoms with Crippen molar-refractivity contribution in [2.24, 2.45) is 5.92 Å². The molecule has 0 heterocycles. The summed E-state index contributed by atoms with van der Waals surface area (Å²) >= 11 is 0. The van der Waals surface area contributed by atoms with Crippen molar-refractivity contribution in [2.75, 3.05) is 0 Å². The molecule has 1 rings (SSSR count). The molecular weight excluding hydrogens is 140 g/mol. The molecule has 0 aromatic carbocycles. The van der Waals surface area contributed by atoms with Crippen LogP contribution in [-0.4, -0.2) is 11.6 Å². The number of ketones is 2. The fraction of sp³-hybridized carbons (Fsp3) is 0.778. The second kappa shape index (κ2) is 3.65. The smallest absolute Gasteiger partial charge is 0.135 e. The molecule has 1 aliphatic rings. The zero-order valence-corrected chi connectivity index (χ0v) is 6.93. The van der Waals surface area contributed by atoms with Crippen LogP contribution in [0.5, 0.6) is 0 Å². The molecule has 0 N–H and O–H groups in total. The number of Topliss-reactive ketones (excluding diaryl/α,β-unsaturated/α-hetero) is 2. The maximum Gasteiger partial charge on any atom is 0.135 e. The van der Waals surface area contributed by atoms with Crippen molar-refractivity contribution in [1.29, 1.82) is 0 Å². The van der Waals surface area contributed by atoms with Gasteiger partial charge in [0.2, 0.25) is 0 Å². The highest BCUT2D eigenvalue weighted by atomic mass is 16.1. The summed E-state index contributed by atoms with van der Waals surface area (Å²) in [5, 5.41) is 0. The number of carbonyl (C=O) groups excluding carboxylic acids is 2. The van der Waals surface area contributed by atoms with Crippen LogP contribution in [0.3, 0.4) is 0 Å². The molecule has 1 fully saturated rings. The van der Waals surface area contributed by atoms with Gasteiger partial charge in [0.1, 0.15) is 11.6 Å². The molecule has 1 aliphatic carbocycles. The standard InChI is InChI=1S/C9H14O2/c1-7(10)3-2-4-9(11)8-5-6-8/h8H,2-6H2,1H3. The van der Waals surface area contributed by atoms with E-state index >= 15 is 0 Å². The predicted molar refractivity (Wildman–Crippen MR) is 42.3 cm³/mol.